The largest absolute Gasteiger partial charge is 0.472 e. The predicted octanol–water partition coefficient (Wildman–Crippen LogP) is 17.8. The van der Waals surface area contributed by atoms with Crippen LogP contribution >= 0.6 is 7.82 Å². The number of esters is 2. The van der Waals surface area contributed by atoms with E-state index in [1.165, 1.54) is 57.8 Å². The molecule has 2 unspecified atom stereocenters. The van der Waals surface area contributed by atoms with Crippen molar-refractivity contribution >= 4 is 19.8 Å². The third-order valence-electron chi connectivity index (χ3n) is 11.3. The molecule has 72 heavy (non-hydrogen) atoms. The lowest BCUT2D eigenvalue weighted by Crippen LogP contribution is -2.29. The molecule has 0 fully saturated rings. The number of ether oxygens (including phenoxy) is 2. The number of hydrogen-bond donors (Lipinski definition) is 2. The molecule has 0 spiro atoms. The van der Waals surface area contributed by atoms with Crippen molar-refractivity contribution in [2.45, 2.75) is 219 Å². The first-order valence-electron chi connectivity index (χ1n) is 28.2. The minimum Gasteiger partial charge on any atom is -0.462 e. The molecule has 3 N–H and O–H groups in total. The molecule has 0 radical (unpaired) electrons. The Morgan fingerprint density at radius 3 is 1.14 bits per heavy atom. The van der Waals surface area contributed by atoms with Crippen LogP contribution < -0.4 is 5.73 Å². The van der Waals surface area contributed by atoms with Gasteiger partial charge >= 0.3 is 19.8 Å². The summed E-state index contributed by atoms with van der Waals surface area (Å²) in [5.41, 5.74) is 5.36. The third kappa shape index (κ3) is 55.5. The highest BCUT2D eigenvalue weighted by Gasteiger charge is 2.26. The summed E-state index contributed by atoms with van der Waals surface area (Å²) in [5, 5.41) is 0. The molecule has 0 aliphatic heterocycles. The van der Waals surface area contributed by atoms with E-state index in [0.29, 0.717) is 6.42 Å². The standard InChI is InChI=1S/C62H102NO8P/c1-3-5-7-9-11-13-15-17-18-19-20-21-22-23-24-25-26-27-28-29-30-31-32-33-34-35-36-37-38-39-40-41-42-43-45-47-49-51-53-55-62(65)71-60(59-70-72(66,67)69-57-56-63)58-68-61(64)54-52-50-48-46-44-16-14-12-10-8-6-4-2/h5,7,11,13,17-18,20-21,23-24,26-27,29-30,32-33,35-36,38-39,41-42,60H,3-4,6,8-10,12,14-16,19,22,25,28,31,34,37,40,43-59,63H2,1-2H3,(H,66,67)/b7-5-,13-11-,18-17-,21-20-,24-23-,27-26-,30-29-,33-32-,36-35-,39-38-,42-41-. The molecule has 0 aliphatic carbocycles. The summed E-state index contributed by atoms with van der Waals surface area (Å²) in [6, 6.07) is 0. The van der Waals surface area contributed by atoms with Gasteiger partial charge in [0, 0.05) is 19.4 Å². The molecule has 2 atom stereocenters. The van der Waals surface area contributed by atoms with Crippen molar-refractivity contribution in [3.8, 4) is 0 Å². The van der Waals surface area contributed by atoms with Crippen LogP contribution in [-0.4, -0.2) is 49.3 Å². The van der Waals surface area contributed by atoms with Gasteiger partial charge in [-0.05, 0) is 96.3 Å². The Morgan fingerprint density at radius 2 is 0.764 bits per heavy atom. The zero-order chi connectivity index (χ0) is 52.4. The molecule has 9 nitrogen and oxygen atoms in total. The van der Waals surface area contributed by atoms with Gasteiger partial charge in [0.15, 0.2) is 6.10 Å². The Morgan fingerprint density at radius 1 is 0.431 bits per heavy atom. The van der Waals surface area contributed by atoms with Crippen LogP contribution in [0.15, 0.2) is 134 Å². The number of carbonyl (C=O) groups excluding carboxylic acids is 2. The van der Waals surface area contributed by atoms with E-state index in [0.717, 1.165) is 122 Å². The lowest BCUT2D eigenvalue weighted by molar-refractivity contribution is -0.161. The summed E-state index contributed by atoms with van der Waals surface area (Å²) in [6.45, 7) is 3.58. The predicted molar refractivity (Wildman–Crippen MR) is 307 cm³/mol. The van der Waals surface area contributed by atoms with Crippen LogP contribution in [0, 0.1) is 0 Å². The first-order valence-corrected chi connectivity index (χ1v) is 29.7. The summed E-state index contributed by atoms with van der Waals surface area (Å²) in [5.74, 6) is -0.858. The fourth-order valence-corrected chi connectivity index (χ4v) is 7.93. The van der Waals surface area contributed by atoms with Gasteiger partial charge < -0.3 is 20.1 Å². The van der Waals surface area contributed by atoms with Crippen molar-refractivity contribution in [3.05, 3.63) is 134 Å². The van der Waals surface area contributed by atoms with Crippen LogP contribution in [-0.2, 0) is 32.7 Å². The van der Waals surface area contributed by atoms with Crippen LogP contribution in [0.25, 0.3) is 0 Å². The van der Waals surface area contributed by atoms with Gasteiger partial charge in [0.05, 0.1) is 13.2 Å². The van der Waals surface area contributed by atoms with E-state index in [4.69, 9.17) is 24.3 Å². The van der Waals surface area contributed by atoms with Crippen molar-refractivity contribution in [3.63, 3.8) is 0 Å². The molecular weight excluding hydrogens is 918 g/mol. The number of unbranched alkanes of at least 4 members (excludes halogenated alkanes) is 16. The minimum atomic E-state index is -4.39. The molecule has 0 aliphatic rings. The van der Waals surface area contributed by atoms with Gasteiger partial charge in [-0.2, -0.15) is 0 Å². The van der Waals surface area contributed by atoms with E-state index in [1.54, 1.807) is 0 Å². The van der Waals surface area contributed by atoms with Crippen molar-refractivity contribution < 1.29 is 37.6 Å². The van der Waals surface area contributed by atoms with Crippen molar-refractivity contribution in [1.82, 2.24) is 0 Å². The molecule has 0 aromatic rings. The van der Waals surface area contributed by atoms with E-state index in [-0.39, 0.29) is 32.6 Å². The zero-order valence-corrected chi connectivity index (χ0v) is 46.3. The molecule has 408 valence electrons. The second-order valence-electron chi connectivity index (χ2n) is 18.1. The number of hydrogen-bond acceptors (Lipinski definition) is 8. The van der Waals surface area contributed by atoms with E-state index in [1.807, 2.05) is 0 Å². The van der Waals surface area contributed by atoms with E-state index in [2.05, 4.69) is 148 Å². The molecule has 0 saturated carbocycles. The lowest BCUT2D eigenvalue weighted by atomic mass is 10.0. The first-order chi connectivity index (χ1) is 35.3. The van der Waals surface area contributed by atoms with Gasteiger partial charge in [0.25, 0.3) is 0 Å². The molecule has 10 heteroatoms. The molecule has 0 saturated heterocycles. The van der Waals surface area contributed by atoms with Gasteiger partial charge in [-0.25, -0.2) is 4.57 Å². The van der Waals surface area contributed by atoms with Crippen LogP contribution in [0.2, 0.25) is 0 Å². The maximum atomic E-state index is 12.7. The summed E-state index contributed by atoms with van der Waals surface area (Å²) >= 11 is 0. The second-order valence-corrected chi connectivity index (χ2v) is 19.5. The zero-order valence-electron chi connectivity index (χ0n) is 45.4. The molecule has 0 aromatic carbocycles. The summed E-state index contributed by atoms with van der Waals surface area (Å²) in [7, 11) is -4.39. The average Bonchev–Trinajstić information content (AvgIpc) is 3.37. The van der Waals surface area contributed by atoms with Gasteiger partial charge in [-0.1, -0.05) is 237 Å². The molecule has 0 aromatic heterocycles. The fourth-order valence-electron chi connectivity index (χ4n) is 7.17. The minimum absolute atomic E-state index is 0.0444. The highest BCUT2D eigenvalue weighted by molar-refractivity contribution is 7.47. The number of carbonyl (C=O) groups is 2. The Kier molecular flexibility index (Phi) is 53.4. The highest BCUT2D eigenvalue weighted by Crippen LogP contribution is 2.43. The van der Waals surface area contributed by atoms with Crippen LogP contribution in [0.5, 0.6) is 0 Å². The van der Waals surface area contributed by atoms with Gasteiger partial charge in [-0.3, -0.25) is 18.6 Å². The number of nitrogens with two attached hydrogens (primary N) is 1. The van der Waals surface area contributed by atoms with Crippen LogP contribution in [0.1, 0.15) is 213 Å². The third-order valence-corrected chi connectivity index (χ3v) is 12.3. The van der Waals surface area contributed by atoms with Gasteiger partial charge in [0.1, 0.15) is 6.61 Å². The van der Waals surface area contributed by atoms with E-state index >= 15 is 0 Å². The average molecular weight is 1020 g/mol. The Labute approximate surface area is 440 Å². The number of phosphoric ester groups is 1. The summed E-state index contributed by atoms with van der Waals surface area (Å²) < 4.78 is 32.9. The van der Waals surface area contributed by atoms with Crippen LogP contribution in [0.3, 0.4) is 0 Å². The maximum absolute atomic E-state index is 12.7. The molecule has 0 heterocycles. The smallest absolute Gasteiger partial charge is 0.462 e. The van der Waals surface area contributed by atoms with Crippen LogP contribution in [0.4, 0.5) is 0 Å². The van der Waals surface area contributed by atoms with Crippen molar-refractivity contribution in [1.29, 1.82) is 0 Å². The Bertz CT molecular complexity index is 1630. The van der Waals surface area contributed by atoms with Crippen molar-refractivity contribution in [2.24, 2.45) is 5.73 Å². The molecule has 0 bridgehead atoms. The summed E-state index contributed by atoms with van der Waals surface area (Å²) in [4.78, 5) is 35.0. The fraction of sp³-hybridized carbons (Fsp3) is 0.613. The molecule has 0 amide bonds. The Hall–Kier alpha value is -3.85. The molecule has 0 rings (SSSR count). The lowest BCUT2D eigenvalue weighted by Gasteiger charge is -2.19. The summed E-state index contributed by atoms with van der Waals surface area (Å²) in [6.07, 6.45) is 79.4. The quantitative estimate of drug-likeness (QED) is 0.0264. The number of rotatable bonds is 51. The van der Waals surface area contributed by atoms with E-state index in [9.17, 15) is 19.0 Å². The Balaban J connectivity index is 4.03. The maximum Gasteiger partial charge on any atom is 0.472 e. The topological polar surface area (TPSA) is 134 Å². The first kappa shape index (κ1) is 68.2. The van der Waals surface area contributed by atoms with Gasteiger partial charge in [0.2, 0.25) is 0 Å². The highest BCUT2D eigenvalue weighted by atomic mass is 31.2. The number of phosphoric acid groups is 1. The number of allylic oxidation sites excluding steroid dienone is 22. The normalized spacial score (nSPS) is 14.1. The van der Waals surface area contributed by atoms with Crippen molar-refractivity contribution in [2.75, 3.05) is 26.4 Å². The monoisotopic (exact) mass is 1020 g/mol. The second kappa shape index (κ2) is 56.4. The SMILES string of the molecule is CC/C=C\C/C=C\C/C=C\C/C=C\C/C=C\C/C=C\C/C=C\C/C=C\C/C=C\C/C=C\C/C=C\CCCCCCCC(=O)OC(COC(=O)CCCCCCCCCCCCCC)COP(=O)(O)OCCN. The molecular formula is C62H102NO8P. The van der Waals surface area contributed by atoms with E-state index < -0.39 is 32.5 Å². The van der Waals surface area contributed by atoms with Gasteiger partial charge in [-0.15, -0.1) is 0 Å².